The monoisotopic (exact) mass is 327 g/mol. The highest BCUT2D eigenvalue weighted by Gasteiger charge is 2.26. The molecule has 0 saturated carbocycles. The highest BCUT2D eigenvalue weighted by molar-refractivity contribution is 7.90. The number of carboxylic acid groups (broad SMARTS) is 1. The number of aryl methyl sites for hydroxylation is 1. The third kappa shape index (κ3) is 4.56. The van der Waals surface area contributed by atoms with Crippen molar-refractivity contribution >= 4 is 21.7 Å². The average Bonchev–Trinajstić information content (AvgIpc) is 2.37. The predicted octanol–water partition coefficient (Wildman–Crippen LogP) is 1.63. The molecule has 22 heavy (non-hydrogen) atoms. The number of carbonyl (C=O) groups excluding carboxylic acids is 1. The molecule has 0 aliphatic carbocycles. The Hall–Kier alpha value is -1.89. The highest BCUT2D eigenvalue weighted by atomic mass is 32.2. The number of nitrogens with one attached hydrogen (secondary N) is 1. The second-order valence-corrected chi connectivity index (χ2v) is 7.93. The van der Waals surface area contributed by atoms with Gasteiger partial charge >= 0.3 is 5.97 Å². The van der Waals surface area contributed by atoms with Crippen LogP contribution in [0.2, 0.25) is 0 Å². The number of hydrogen-bond acceptors (Lipinski definition) is 4. The molecule has 7 heteroatoms. The molecule has 1 rings (SSSR count). The van der Waals surface area contributed by atoms with Crippen LogP contribution < -0.4 is 5.32 Å². The summed E-state index contributed by atoms with van der Waals surface area (Å²) in [6.45, 7) is 5.01. The first-order valence-electron chi connectivity index (χ1n) is 6.77. The first kappa shape index (κ1) is 18.2. The van der Waals surface area contributed by atoms with Gasteiger partial charge in [0.15, 0.2) is 9.84 Å². The van der Waals surface area contributed by atoms with Gasteiger partial charge in [-0.05, 0) is 44.9 Å². The van der Waals surface area contributed by atoms with Gasteiger partial charge in [-0.2, -0.15) is 0 Å². The van der Waals surface area contributed by atoms with Crippen molar-refractivity contribution in [2.45, 2.75) is 32.1 Å². The minimum atomic E-state index is -3.40. The van der Waals surface area contributed by atoms with Crippen molar-refractivity contribution in [2.75, 3.05) is 12.8 Å². The van der Waals surface area contributed by atoms with Crippen LogP contribution in [0.15, 0.2) is 23.1 Å². The molecule has 0 radical (unpaired) electrons. The van der Waals surface area contributed by atoms with E-state index in [2.05, 4.69) is 5.32 Å². The lowest BCUT2D eigenvalue weighted by Crippen LogP contribution is -2.32. The van der Waals surface area contributed by atoms with E-state index in [0.717, 1.165) is 6.26 Å². The molecule has 6 nitrogen and oxygen atoms in total. The summed E-state index contributed by atoms with van der Waals surface area (Å²) in [5.74, 6) is -1.36. The van der Waals surface area contributed by atoms with Crippen LogP contribution in [0, 0.1) is 12.3 Å². The van der Waals surface area contributed by atoms with Crippen LogP contribution in [0.4, 0.5) is 0 Å². The Morgan fingerprint density at radius 1 is 1.27 bits per heavy atom. The maximum absolute atomic E-state index is 12.0. The van der Waals surface area contributed by atoms with Crippen molar-refractivity contribution in [2.24, 2.45) is 5.41 Å². The molecule has 0 spiro atoms. The van der Waals surface area contributed by atoms with Crippen LogP contribution in [0.25, 0.3) is 0 Å². The molecule has 0 saturated heterocycles. The molecule has 122 valence electrons. The number of sulfone groups is 1. The first-order valence-corrected chi connectivity index (χ1v) is 8.66. The fourth-order valence-electron chi connectivity index (χ4n) is 1.84. The largest absolute Gasteiger partial charge is 0.481 e. The van der Waals surface area contributed by atoms with Crippen molar-refractivity contribution in [1.29, 1.82) is 0 Å². The van der Waals surface area contributed by atoms with Gasteiger partial charge in [0.1, 0.15) is 0 Å². The number of carboxylic acids is 1. The van der Waals surface area contributed by atoms with Crippen LogP contribution in [0.5, 0.6) is 0 Å². The lowest BCUT2D eigenvalue weighted by molar-refractivity contribution is -0.147. The lowest BCUT2D eigenvalue weighted by atomic mass is 9.90. The van der Waals surface area contributed by atoms with Gasteiger partial charge in [-0.3, -0.25) is 9.59 Å². The third-order valence-electron chi connectivity index (χ3n) is 3.46. The molecule has 1 aromatic carbocycles. The van der Waals surface area contributed by atoms with Crippen LogP contribution in [0.1, 0.15) is 36.2 Å². The van der Waals surface area contributed by atoms with Crippen molar-refractivity contribution in [3.8, 4) is 0 Å². The van der Waals surface area contributed by atoms with Crippen LogP contribution in [0.3, 0.4) is 0 Å². The lowest BCUT2D eigenvalue weighted by Gasteiger charge is -2.19. The standard InChI is InChI=1S/C15H21NO5S/c1-10-5-6-11(9-12(10)22(4,20)21)13(17)16-8-7-15(2,3)14(18)19/h5-6,9H,7-8H2,1-4H3,(H,16,17)(H,18,19). The zero-order valence-corrected chi connectivity index (χ0v) is 14.0. The number of aliphatic carboxylic acids is 1. The van der Waals surface area contributed by atoms with E-state index in [0.29, 0.717) is 5.56 Å². The molecule has 0 heterocycles. The Kier molecular flexibility index (Phi) is 5.35. The van der Waals surface area contributed by atoms with Crippen molar-refractivity contribution < 1.29 is 23.1 Å². The molecule has 0 fully saturated rings. The molecule has 1 amide bonds. The summed E-state index contributed by atoms with van der Waals surface area (Å²) in [6, 6.07) is 4.45. The van der Waals surface area contributed by atoms with Gasteiger partial charge < -0.3 is 10.4 Å². The van der Waals surface area contributed by atoms with Crippen LogP contribution >= 0.6 is 0 Å². The smallest absolute Gasteiger partial charge is 0.309 e. The van der Waals surface area contributed by atoms with Gasteiger partial charge in [-0.25, -0.2) is 8.42 Å². The van der Waals surface area contributed by atoms with Gasteiger partial charge in [0.05, 0.1) is 10.3 Å². The molecular formula is C15H21NO5S. The Bertz CT molecular complexity index is 692. The van der Waals surface area contributed by atoms with Crippen molar-refractivity contribution in [1.82, 2.24) is 5.32 Å². The second-order valence-electron chi connectivity index (χ2n) is 5.95. The second kappa shape index (κ2) is 6.48. The quantitative estimate of drug-likeness (QED) is 0.827. The summed E-state index contributed by atoms with van der Waals surface area (Å²) in [5.41, 5.74) is -0.122. The van der Waals surface area contributed by atoms with Gasteiger partial charge in [0, 0.05) is 18.4 Å². The number of hydrogen-bond donors (Lipinski definition) is 2. The van der Waals surface area contributed by atoms with E-state index >= 15 is 0 Å². The van der Waals surface area contributed by atoms with E-state index in [9.17, 15) is 18.0 Å². The highest BCUT2D eigenvalue weighted by Crippen LogP contribution is 2.20. The third-order valence-corrected chi connectivity index (χ3v) is 4.70. The maximum Gasteiger partial charge on any atom is 0.309 e. The summed E-state index contributed by atoms with van der Waals surface area (Å²) in [7, 11) is -3.40. The molecule has 0 bridgehead atoms. The van der Waals surface area contributed by atoms with E-state index in [1.54, 1.807) is 32.9 Å². The number of amides is 1. The van der Waals surface area contributed by atoms with E-state index in [1.165, 1.54) is 6.07 Å². The zero-order chi connectivity index (χ0) is 17.1. The number of benzene rings is 1. The zero-order valence-electron chi connectivity index (χ0n) is 13.1. The van der Waals surface area contributed by atoms with E-state index in [4.69, 9.17) is 5.11 Å². The molecule has 1 aromatic rings. The van der Waals surface area contributed by atoms with E-state index in [-0.39, 0.29) is 23.4 Å². The number of rotatable bonds is 6. The fourth-order valence-corrected chi connectivity index (χ4v) is 2.83. The van der Waals surface area contributed by atoms with Gasteiger partial charge in [0.25, 0.3) is 5.91 Å². The SMILES string of the molecule is Cc1ccc(C(=O)NCCC(C)(C)C(=O)O)cc1S(C)(=O)=O. The topological polar surface area (TPSA) is 101 Å². The summed E-state index contributed by atoms with van der Waals surface area (Å²) in [4.78, 5) is 23.1. The maximum atomic E-state index is 12.0. The minimum Gasteiger partial charge on any atom is -0.481 e. The van der Waals surface area contributed by atoms with Gasteiger partial charge in [-0.1, -0.05) is 6.07 Å². The molecule has 0 aromatic heterocycles. The Balaban J connectivity index is 2.82. The van der Waals surface area contributed by atoms with Gasteiger partial charge in [-0.15, -0.1) is 0 Å². The predicted molar refractivity (Wildman–Crippen MR) is 82.7 cm³/mol. The van der Waals surface area contributed by atoms with Crippen LogP contribution in [-0.4, -0.2) is 38.2 Å². The Morgan fingerprint density at radius 3 is 2.36 bits per heavy atom. The summed E-state index contributed by atoms with van der Waals surface area (Å²) in [5, 5.41) is 11.6. The molecule has 0 unspecified atom stereocenters. The number of carbonyl (C=O) groups is 2. The Labute approximate surface area is 130 Å². The molecule has 0 aliphatic rings. The molecular weight excluding hydrogens is 306 g/mol. The fraction of sp³-hybridized carbons (Fsp3) is 0.467. The molecule has 2 N–H and O–H groups in total. The summed E-state index contributed by atoms with van der Waals surface area (Å²) >= 11 is 0. The molecule has 0 atom stereocenters. The first-order chi connectivity index (χ1) is 9.95. The van der Waals surface area contributed by atoms with E-state index in [1.807, 2.05) is 0 Å². The minimum absolute atomic E-state index is 0.117. The van der Waals surface area contributed by atoms with Crippen molar-refractivity contribution in [3.63, 3.8) is 0 Å². The Morgan fingerprint density at radius 2 is 1.86 bits per heavy atom. The van der Waals surface area contributed by atoms with Crippen molar-refractivity contribution in [3.05, 3.63) is 29.3 Å². The normalized spacial score (nSPS) is 12.0. The van der Waals surface area contributed by atoms with E-state index < -0.39 is 27.1 Å². The summed E-state index contributed by atoms with van der Waals surface area (Å²) in [6.07, 6.45) is 1.37. The van der Waals surface area contributed by atoms with Gasteiger partial charge in [0.2, 0.25) is 0 Å². The van der Waals surface area contributed by atoms with Crippen LogP contribution in [-0.2, 0) is 14.6 Å². The molecule has 0 aliphatic heterocycles. The average molecular weight is 327 g/mol. The summed E-state index contributed by atoms with van der Waals surface area (Å²) < 4.78 is 23.3.